The smallest absolute Gasteiger partial charge is 0.241 e. The van der Waals surface area contributed by atoms with Crippen molar-refractivity contribution in [2.24, 2.45) is 5.73 Å². The van der Waals surface area contributed by atoms with Crippen molar-refractivity contribution in [3.8, 4) is 5.75 Å². The summed E-state index contributed by atoms with van der Waals surface area (Å²) in [5, 5.41) is 0. The van der Waals surface area contributed by atoms with Crippen LogP contribution in [-0.2, 0) is 11.3 Å². The third-order valence-electron chi connectivity index (χ3n) is 2.30. The van der Waals surface area contributed by atoms with Crippen molar-refractivity contribution in [1.29, 1.82) is 0 Å². The Kier molecular flexibility index (Phi) is 5.39. The van der Waals surface area contributed by atoms with Crippen molar-refractivity contribution < 1.29 is 9.53 Å². The number of hydrogen-bond donors (Lipinski definition) is 1. The zero-order chi connectivity index (χ0) is 13.5. The number of ether oxygens (including phenoxy) is 1. The molecular formula is C14H20N2O2. The van der Waals surface area contributed by atoms with E-state index in [1.165, 1.54) is 6.08 Å². The van der Waals surface area contributed by atoms with Gasteiger partial charge in [-0.2, -0.15) is 0 Å². The molecule has 1 amide bonds. The molecule has 0 aliphatic carbocycles. The lowest BCUT2D eigenvalue weighted by atomic mass is 10.1. The summed E-state index contributed by atoms with van der Waals surface area (Å²) in [5.74, 6) is 0.299. The standard InChI is InChI=1S/C14H20N2O2/c1-4-18-13-7-5-11(10-16(2)3)9-12(13)6-8-14(15)17/h5-9H,4,10H2,1-3H3,(H2,15,17)/b8-6+. The molecule has 98 valence electrons. The lowest BCUT2D eigenvalue weighted by Crippen LogP contribution is -2.11. The zero-order valence-electron chi connectivity index (χ0n) is 11.1. The van der Waals surface area contributed by atoms with Gasteiger partial charge in [-0.25, -0.2) is 0 Å². The van der Waals surface area contributed by atoms with Gasteiger partial charge >= 0.3 is 0 Å². The zero-order valence-corrected chi connectivity index (χ0v) is 11.1. The first-order valence-corrected chi connectivity index (χ1v) is 5.91. The number of benzene rings is 1. The van der Waals surface area contributed by atoms with Crippen LogP contribution >= 0.6 is 0 Å². The average molecular weight is 248 g/mol. The van der Waals surface area contributed by atoms with Crippen molar-refractivity contribution in [1.82, 2.24) is 4.90 Å². The van der Waals surface area contributed by atoms with Gasteiger partial charge in [0.1, 0.15) is 5.75 Å². The van der Waals surface area contributed by atoms with Crippen LogP contribution in [0, 0.1) is 0 Å². The SMILES string of the molecule is CCOc1ccc(CN(C)C)cc1/C=C/C(N)=O. The first-order valence-electron chi connectivity index (χ1n) is 5.91. The van der Waals surface area contributed by atoms with Gasteiger partial charge in [0.25, 0.3) is 0 Å². The molecule has 0 saturated carbocycles. The highest BCUT2D eigenvalue weighted by Crippen LogP contribution is 2.22. The van der Waals surface area contributed by atoms with Crippen molar-refractivity contribution in [2.75, 3.05) is 20.7 Å². The molecule has 0 saturated heterocycles. The Bertz CT molecular complexity index is 439. The monoisotopic (exact) mass is 248 g/mol. The quantitative estimate of drug-likeness (QED) is 0.779. The Labute approximate surface area is 108 Å². The molecule has 18 heavy (non-hydrogen) atoms. The average Bonchev–Trinajstić information content (AvgIpc) is 2.28. The predicted molar refractivity (Wildman–Crippen MR) is 73.2 cm³/mol. The molecule has 0 unspecified atom stereocenters. The lowest BCUT2D eigenvalue weighted by molar-refractivity contribution is -0.113. The van der Waals surface area contributed by atoms with E-state index in [0.717, 1.165) is 23.4 Å². The molecule has 4 heteroatoms. The Balaban J connectivity index is 3.02. The molecule has 0 aliphatic rings. The third-order valence-corrected chi connectivity index (χ3v) is 2.30. The third kappa shape index (κ3) is 4.59. The summed E-state index contributed by atoms with van der Waals surface area (Å²) in [4.78, 5) is 12.9. The summed E-state index contributed by atoms with van der Waals surface area (Å²) in [5.41, 5.74) is 7.14. The van der Waals surface area contributed by atoms with Crippen LogP contribution in [0.5, 0.6) is 5.75 Å². The van der Waals surface area contributed by atoms with E-state index in [9.17, 15) is 4.79 Å². The van der Waals surface area contributed by atoms with E-state index in [-0.39, 0.29) is 0 Å². The number of nitrogens with two attached hydrogens (primary N) is 1. The summed E-state index contributed by atoms with van der Waals surface area (Å²) in [6.45, 7) is 3.35. The van der Waals surface area contributed by atoms with Gasteiger partial charge in [-0.1, -0.05) is 6.07 Å². The molecule has 0 atom stereocenters. The molecule has 0 aliphatic heterocycles. The topological polar surface area (TPSA) is 55.6 Å². The van der Waals surface area contributed by atoms with Crippen molar-refractivity contribution in [2.45, 2.75) is 13.5 Å². The molecule has 4 nitrogen and oxygen atoms in total. The Morgan fingerprint density at radius 1 is 1.44 bits per heavy atom. The maximum atomic E-state index is 10.8. The summed E-state index contributed by atoms with van der Waals surface area (Å²) >= 11 is 0. The van der Waals surface area contributed by atoms with Crippen molar-refractivity contribution in [3.05, 3.63) is 35.4 Å². The number of nitrogens with zero attached hydrogens (tertiary/aromatic N) is 1. The highest BCUT2D eigenvalue weighted by Gasteiger charge is 2.03. The van der Waals surface area contributed by atoms with E-state index in [4.69, 9.17) is 10.5 Å². The van der Waals surface area contributed by atoms with E-state index in [1.54, 1.807) is 6.08 Å². The maximum Gasteiger partial charge on any atom is 0.241 e. The molecule has 0 bridgehead atoms. The number of rotatable bonds is 6. The lowest BCUT2D eigenvalue weighted by Gasteiger charge is -2.13. The first-order chi connectivity index (χ1) is 8.52. The van der Waals surface area contributed by atoms with Crippen LogP contribution < -0.4 is 10.5 Å². The second-order valence-electron chi connectivity index (χ2n) is 4.28. The van der Waals surface area contributed by atoms with Gasteiger partial charge in [-0.05, 0) is 44.8 Å². The fourth-order valence-corrected chi connectivity index (χ4v) is 1.65. The molecule has 0 spiro atoms. The van der Waals surface area contributed by atoms with Gasteiger partial charge < -0.3 is 15.4 Å². The van der Waals surface area contributed by atoms with Crippen LogP contribution in [0.15, 0.2) is 24.3 Å². The molecule has 0 radical (unpaired) electrons. The van der Waals surface area contributed by atoms with Crippen LogP contribution in [0.3, 0.4) is 0 Å². The molecular weight excluding hydrogens is 228 g/mol. The van der Waals surface area contributed by atoms with Gasteiger partial charge in [-0.15, -0.1) is 0 Å². The summed E-state index contributed by atoms with van der Waals surface area (Å²) in [6.07, 6.45) is 3.03. The fraction of sp³-hybridized carbons (Fsp3) is 0.357. The summed E-state index contributed by atoms with van der Waals surface area (Å²) < 4.78 is 5.51. The summed E-state index contributed by atoms with van der Waals surface area (Å²) in [6, 6.07) is 5.94. The van der Waals surface area contributed by atoms with Gasteiger partial charge in [0.05, 0.1) is 6.61 Å². The van der Waals surface area contributed by atoms with Crippen LogP contribution in [0.2, 0.25) is 0 Å². The predicted octanol–water partition coefficient (Wildman–Crippen LogP) is 1.65. The normalized spacial score (nSPS) is 11.1. The minimum Gasteiger partial charge on any atom is -0.493 e. The van der Waals surface area contributed by atoms with Crippen LogP contribution in [0.4, 0.5) is 0 Å². The first kappa shape index (κ1) is 14.3. The maximum absolute atomic E-state index is 10.8. The van der Waals surface area contributed by atoms with Crippen molar-refractivity contribution >= 4 is 12.0 Å². The number of carbonyl (C=O) groups is 1. The molecule has 0 fully saturated rings. The number of carbonyl (C=O) groups excluding carboxylic acids is 1. The van der Waals surface area contributed by atoms with E-state index >= 15 is 0 Å². The van der Waals surface area contributed by atoms with E-state index < -0.39 is 5.91 Å². The Hall–Kier alpha value is -1.81. The van der Waals surface area contributed by atoms with Gasteiger partial charge in [-0.3, -0.25) is 4.79 Å². The second kappa shape index (κ2) is 6.81. The van der Waals surface area contributed by atoms with E-state index in [2.05, 4.69) is 4.90 Å². The molecule has 1 aromatic carbocycles. The minimum atomic E-state index is -0.463. The highest BCUT2D eigenvalue weighted by atomic mass is 16.5. The van der Waals surface area contributed by atoms with Gasteiger partial charge in [0.15, 0.2) is 0 Å². The van der Waals surface area contributed by atoms with Crippen LogP contribution in [0.1, 0.15) is 18.1 Å². The minimum absolute atomic E-state index is 0.463. The highest BCUT2D eigenvalue weighted by molar-refractivity contribution is 5.90. The fourth-order valence-electron chi connectivity index (χ4n) is 1.65. The number of amides is 1. The number of hydrogen-bond acceptors (Lipinski definition) is 3. The van der Waals surface area contributed by atoms with Gasteiger partial charge in [0.2, 0.25) is 5.91 Å². The molecule has 2 N–H and O–H groups in total. The molecule has 0 aromatic heterocycles. The largest absolute Gasteiger partial charge is 0.493 e. The van der Waals surface area contributed by atoms with Crippen LogP contribution in [0.25, 0.3) is 6.08 Å². The van der Waals surface area contributed by atoms with E-state index in [1.807, 2.05) is 39.2 Å². The summed E-state index contributed by atoms with van der Waals surface area (Å²) in [7, 11) is 4.02. The van der Waals surface area contributed by atoms with Gasteiger partial charge in [0, 0.05) is 18.2 Å². The molecule has 1 rings (SSSR count). The Morgan fingerprint density at radius 3 is 2.72 bits per heavy atom. The molecule has 0 heterocycles. The second-order valence-corrected chi connectivity index (χ2v) is 4.28. The Morgan fingerprint density at radius 2 is 2.17 bits per heavy atom. The van der Waals surface area contributed by atoms with Crippen LogP contribution in [-0.4, -0.2) is 31.5 Å². The van der Waals surface area contributed by atoms with Crippen molar-refractivity contribution in [3.63, 3.8) is 0 Å². The van der Waals surface area contributed by atoms with E-state index in [0.29, 0.717) is 6.61 Å². The molecule has 1 aromatic rings. The number of primary amides is 1.